The smallest absolute Gasteiger partial charge is 0.121 e. The lowest BCUT2D eigenvalue weighted by molar-refractivity contribution is 0.415. The normalized spacial score (nSPS) is 20.0. The van der Waals surface area contributed by atoms with E-state index in [1.807, 2.05) is 12.1 Å². The summed E-state index contributed by atoms with van der Waals surface area (Å²) in [6.45, 7) is 5.67. The molecule has 0 amide bonds. The summed E-state index contributed by atoms with van der Waals surface area (Å²) in [5, 5.41) is 0. The van der Waals surface area contributed by atoms with Crippen molar-refractivity contribution in [3.63, 3.8) is 0 Å². The van der Waals surface area contributed by atoms with Crippen LogP contribution in [-0.4, -0.2) is 19.7 Å². The second kappa shape index (κ2) is 4.86. The number of nitrogens with zero attached hydrogens (tertiary/aromatic N) is 1. The number of hydrogen-bond acceptors (Lipinski definition) is 3. The first-order valence-electron chi connectivity index (χ1n) is 6.33. The van der Waals surface area contributed by atoms with Crippen LogP contribution in [0.15, 0.2) is 18.2 Å². The van der Waals surface area contributed by atoms with Crippen molar-refractivity contribution in [2.24, 2.45) is 5.92 Å². The highest BCUT2D eigenvalue weighted by molar-refractivity contribution is 5.70. The van der Waals surface area contributed by atoms with Gasteiger partial charge in [0.05, 0.1) is 18.5 Å². The highest BCUT2D eigenvalue weighted by atomic mass is 16.5. The Kier molecular flexibility index (Phi) is 3.46. The van der Waals surface area contributed by atoms with Gasteiger partial charge in [-0.25, -0.2) is 0 Å². The molecule has 3 heteroatoms. The van der Waals surface area contributed by atoms with E-state index in [-0.39, 0.29) is 0 Å². The Hall–Kier alpha value is -1.38. The average Bonchev–Trinajstić information content (AvgIpc) is 2.77. The van der Waals surface area contributed by atoms with Gasteiger partial charge >= 0.3 is 0 Å². The van der Waals surface area contributed by atoms with Crippen LogP contribution in [-0.2, 0) is 0 Å². The molecule has 0 aromatic heterocycles. The number of nitrogen functional groups attached to an aromatic ring is 1. The summed E-state index contributed by atoms with van der Waals surface area (Å²) < 4.78 is 5.19. The Morgan fingerprint density at radius 3 is 2.76 bits per heavy atom. The summed E-state index contributed by atoms with van der Waals surface area (Å²) in [4.78, 5) is 2.44. The van der Waals surface area contributed by atoms with Crippen LogP contribution in [0.3, 0.4) is 0 Å². The van der Waals surface area contributed by atoms with Gasteiger partial charge in [0.2, 0.25) is 0 Å². The minimum Gasteiger partial charge on any atom is -0.497 e. The van der Waals surface area contributed by atoms with Crippen LogP contribution >= 0.6 is 0 Å². The van der Waals surface area contributed by atoms with Crippen molar-refractivity contribution in [2.75, 3.05) is 24.3 Å². The highest BCUT2D eigenvalue weighted by Crippen LogP contribution is 2.35. The number of hydrogen-bond donors (Lipinski definition) is 1. The molecule has 1 aromatic carbocycles. The van der Waals surface area contributed by atoms with E-state index >= 15 is 0 Å². The standard InChI is InChI=1S/C14H22N2O/c1-10(2)13-5-4-8-16(13)14-7-6-11(17-3)9-12(14)15/h6-7,9-10,13H,4-5,8,15H2,1-3H3. The average molecular weight is 234 g/mol. The zero-order valence-electron chi connectivity index (χ0n) is 10.9. The van der Waals surface area contributed by atoms with Gasteiger partial charge in [-0.15, -0.1) is 0 Å². The molecule has 0 spiro atoms. The SMILES string of the molecule is COc1ccc(N2CCCC2C(C)C)c(N)c1. The van der Waals surface area contributed by atoms with Gasteiger partial charge in [0.15, 0.2) is 0 Å². The van der Waals surface area contributed by atoms with Crippen LogP contribution < -0.4 is 15.4 Å². The molecular formula is C14H22N2O. The summed E-state index contributed by atoms with van der Waals surface area (Å²) in [7, 11) is 1.67. The maximum absolute atomic E-state index is 6.12. The summed E-state index contributed by atoms with van der Waals surface area (Å²) >= 11 is 0. The van der Waals surface area contributed by atoms with Gasteiger partial charge in [-0.3, -0.25) is 0 Å². The molecule has 1 fully saturated rings. The lowest BCUT2D eigenvalue weighted by Gasteiger charge is -2.30. The Bertz CT molecular complexity index is 390. The molecule has 1 saturated heterocycles. The largest absolute Gasteiger partial charge is 0.497 e. The fourth-order valence-electron chi connectivity index (χ4n) is 2.71. The number of methoxy groups -OCH3 is 1. The Morgan fingerprint density at radius 1 is 1.41 bits per heavy atom. The van der Waals surface area contributed by atoms with E-state index in [0.29, 0.717) is 12.0 Å². The van der Waals surface area contributed by atoms with Crippen molar-refractivity contribution in [3.8, 4) is 5.75 Å². The first-order valence-corrected chi connectivity index (χ1v) is 6.33. The third-order valence-electron chi connectivity index (χ3n) is 3.61. The lowest BCUT2D eigenvalue weighted by Crippen LogP contribution is -2.33. The molecule has 0 radical (unpaired) electrons. The number of rotatable bonds is 3. The van der Waals surface area contributed by atoms with E-state index < -0.39 is 0 Å². The zero-order valence-corrected chi connectivity index (χ0v) is 10.9. The highest BCUT2D eigenvalue weighted by Gasteiger charge is 2.28. The van der Waals surface area contributed by atoms with Crippen LogP contribution in [0.1, 0.15) is 26.7 Å². The van der Waals surface area contributed by atoms with Gasteiger partial charge in [0.25, 0.3) is 0 Å². The van der Waals surface area contributed by atoms with Gasteiger partial charge in [0.1, 0.15) is 5.75 Å². The lowest BCUT2D eigenvalue weighted by atomic mass is 10.0. The summed E-state index contributed by atoms with van der Waals surface area (Å²) in [6, 6.07) is 6.59. The molecular weight excluding hydrogens is 212 g/mol. The van der Waals surface area contributed by atoms with Crippen LogP contribution in [0.4, 0.5) is 11.4 Å². The zero-order chi connectivity index (χ0) is 12.4. The number of benzene rings is 1. The van der Waals surface area contributed by atoms with Crippen molar-refractivity contribution in [1.29, 1.82) is 0 Å². The van der Waals surface area contributed by atoms with Gasteiger partial charge in [-0.1, -0.05) is 13.8 Å². The van der Waals surface area contributed by atoms with Crippen molar-refractivity contribution in [2.45, 2.75) is 32.7 Å². The Morgan fingerprint density at radius 2 is 2.18 bits per heavy atom. The third-order valence-corrected chi connectivity index (χ3v) is 3.61. The second-order valence-corrected chi connectivity index (χ2v) is 5.07. The number of ether oxygens (including phenoxy) is 1. The molecule has 1 aliphatic rings. The molecule has 0 aliphatic carbocycles. The van der Waals surface area contributed by atoms with Crippen molar-refractivity contribution in [1.82, 2.24) is 0 Å². The van der Waals surface area contributed by atoms with Gasteiger partial charge in [-0.2, -0.15) is 0 Å². The minimum absolute atomic E-state index is 0.616. The van der Waals surface area contributed by atoms with Gasteiger partial charge < -0.3 is 15.4 Å². The quantitative estimate of drug-likeness (QED) is 0.817. The predicted molar refractivity (Wildman–Crippen MR) is 72.6 cm³/mol. The molecule has 1 aliphatic heterocycles. The monoisotopic (exact) mass is 234 g/mol. The van der Waals surface area contributed by atoms with Crippen molar-refractivity contribution in [3.05, 3.63) is 18.2 Å². The predicted octanol–water partition coefficient (Wildman–Crippen LogP) is 2.90. The topological polar surface area (TPSA) is 38.5 Å². The van der Waals surface area contributed by atoms with E-state index in [1.54, 1.807) is 7.11 Å². The molecule has 1 unspecified atom stereocenters. The van der Waals surface area contributed by atoms with Crippen LogP contribution in [0.2, 0.25) is 0 Å². The van der Waals surface area contributed by atoms with E-state index in [4.69, 9.17) is 10.5 Å². The van der Waals surface area contributed by atoms with Crippen molar-refractivity contribution < 1.29 is 4.74 Å². The Balaban J connectivity index is 2.27. The molecule has 17 heavy (non-hydrogen) atoms. The molecule has 2 rings (SSSR count). The maximum atomic E-state index is 6.12. The fourth-order valence-corrected chi connectivity index (χ4v) is 2.71. The first-order chi connectivity index (χ1) is 8.13. The molecule has 0 saturated carbocycles. The summed E-state index contributed by atoms with van der Waals surface area (Å²) in [5.74, 6) is 1.49. The van der Waals surface area contributed by atoms with Crippen LogP contribution in [0, 0.1) is 5.92 Å². The molecule has 1 aromatic rings. The second-order valence-electron chi connectivity index (χ2n) is 5.07. The molecule has 3 nitrogen and oxygen atoms in total. The molecule has 0 bridgehead atoms. The first kappa shape index (κ1) is 12.1. The van der Waals surface area contributed by atoms with Crippen LogP contribution in [0.5, 0.6) is 5.75 Å². The molecule has 1 heterocycles. The summed E-state index contributed by atoms with van der Waals surface area (Å²) in [5.41, 5.74) is 8.09. The van der Waals surface area contributed by atoms with Gasteiger partial charge in [0, 0.05) is 18.7 Å². The van der Waals surface area contributed by atoms with Crippen molar-refractivity contribution >= 4 is 11.4 Å². The maximum Gasteiger partial charge on any atom is 0.121 e. The fraction of sp³-hybridized carbons (Fsp3) is 0.571. The molecule has 1 atom stereocenters. The van der Waals surface area contributed by atoms with Gasteiger partial charge in [-0.05, 0) is 30.9 Å². The Labute approximate surface area is 104 Å². The molecule has 2 N–H and O–H groups in total. The summed E-state index contributed by atoms with van der Waals surface area (Å²) in [6.07, 6.45) is 2.53. The molecule has 94 valence electrons. The van der Waals surface area contributed by atoms with E-state index in [0.717, 1.165) is 23.7 Å². The third kappa shape index (κ3) is 2.33. The van der Waals surface area contributed by atoms with Crippen LogP contribution in [0.25, 0.3) is 0 Å². The van der Waals surface area contributed by atoms with E-state index in [1.165, 1.54) is 12.8 Å². The minimum atomic E-state index is 0.616. The number of nitrogens with two attached hydrogens (primary N) is 1. The van der Waals surface area contributed by atoms with E-state index in [9.17, 15) is 0 Å². The number of anilines is 2. The van der Waals surface area contributed by atoms with E-state index in [2.05, 4.69) is 24.8 Å².